The van der Waals surface area contributed by atoms with E-state index in [0.29, 0.717) is 0 Å². The molecule has 0 spiro atoms. The number of hydrogen-bond donors (Lipinski definition) is 0. The van der Waals surface area contributed by atoms with Gasteiger partial charge >= 0.3 is 0 Å². The Labute approximate surface area is 155 Å². The van der Waals surface area contributed by atoms with Crippen molar-refractivity contribution in [1.82, 2.24) is 15.0 Å². The molecule has 0 amide bonds. The molecule has 138 valence electrons. The highest BCUT2D eigenvalue weighted by molar-refractivity contribution is 5.68. The molecule has 0 unspecified atom stereocenters. The molecule has 0 atom stereocenters. The lowest BCUT2D eigenvalue weighted by Crippen LogP contribution is -2.45. The van der Waals surface area contributed by atoms with Crippen LogP contribution >= 0.6 is 0 Å². The summed E-state index contributed by atoms with van der Waals surface area (Å²) in [6.45, 7) is 13.5. The second-order valence-electron chi connectivity index (χ2n) is 6.57. The van der Waals surface area contributed by atoms with E-state index < -0.39 is 0 Å². The summed E-state index contributed by atoms with van der Waals surface area (Å²) in [5.74, 6) is 1.68. The largest absolute Gasteiger partial charge is 0.496 e. The monoisotopic (exact) mass is 353 g/mol. The molecule has 0 N–H and O–H groups in total. The summed E-state index contributed by atoms with van der Waals surface area (Å²) in [7, 11) is 1.68. The van der Waals surface area contributed by atoms with Crippen LogP contribution in [-0.2, 0) is 13.0 Å². The van der Waals surface area contributed by atoms with E-state index in [2.05, 4.69) is 34.2 Å². The average molecular weight is 353 g/mol. The number of nitrogens with zero attached hydrogens (tertiary/aromatic N) is 3. The predicted molar refractivity (Wildman–Crippen MR) is 104 cm³/mol. The number of aromatic nitrogens is 1. The minimum absolute atomic E-state index is 0.781. The van der Waals surface area contributed by atoms with Gasteiger partial charge in [-0.25, -0.2) is 0 Å². The van der Waals surface area contributed by atoms with Crippen molar-refractivity contribution in [3.63, 3.8) is 0 Å². The molecular weight excluding hydrogens is 326 g/mol. The van der Waals surface area contributed by atoms with E-state index in [0.717, 1.165) is 68.5 Å². The number of hydrogen-bond acceptors (Lipinski definition) is 5. The van der Waals surface area contributed by atoms with E-state index >= 15 is 0 Å². The average Bonchev–Trinajstić information content (AvgIpc) is 3.12. The molecule has 0 aliphatic carbocycles. The van der Waals surface area contributed by atoms with Gasteiger partial charge in [-0.05, 0) is 24.1 Å². The summed E-state index contributed by atoms with van der Waals surface area (Å²) < 4.78 is 11.1. The molecule has 1 aliphatic heterocycles. The van der Waals surface area contributed by atoms with Crippen molar-refractivity contribution in [2.75, 3.05) is 39.8 Å². The summed E-state index contributed by atoms with van der Waals surface area (Å²) in [6, 6.07) is 8.14. The van der Waals surface area contributed by atoms with Crippen molar-refractivity contribution in [2.24, 2.45) is 0 Å². The molecule has 1 aromatic carbocycles. The van der Waals surface area contributed by atoms with Crippen LogP contribution in [0.15, 0.2) is 54.1 Å². The Kier molecular flexibility index (Phi) is 6.26. The summed E-state index contributed by atoms with van der Waals surface area (Å²) in [6.07, 6.45) is 4.68. The molecule has 2 aromatic rings. The molecule has 26 heavy (non-hydrogen) atoms. The molecule has 2 heterocycles. The maximum atomic E-state index is 5.60. The first-order valence-corrected chi connectivity index (χ1v) is 9.03. The summed E-state index contributed by atoms with van der Waals surface area (Å²) in [4.78, 5) is 4.81. The zero-order valence-corrected chi connectivity index (χ0v) is 15.5. The molecule has 1 aromatic heterocycles. The molecule has 5 heteroatoms. The van der Waals surface area contributed by atoms with Gasteiger partial charge in [0.2, 0.25) is 0 Å². The van der Waals surface area contributed by atoms with Crippen molar-refractivity contribution in [3.8, 4) is 17.0 Å². The smallest absolute Gasteiger partial charge is 0.151 e. The van der Waals surface area contributed by atoms with Gasteiger partial charge < -0.3 is 9.26 Å². The molecular formula is C21H27N3O2. The number of methoxy groups -OCH3 is 1. The van der Waals surface area contributed by atoms with Gasteiger partial charge in [0.05, 0.1) is 13.7 Å². The van der Waals surface area contributed by atoms with Crippen LogP contribution < -0.4 is 4.74 Å². The van der Waals surface area contributed by atoms with Gasteiger partial charge in [-0.15, -0.1) is 13.2 Å². The van der Waals surface area contributed by atoms with Crippen LogP contribution in [0.3, 0.4) is 0 Å². The van der Waals surface area contributed by atoms with Gasteiger partial charge in [0.25, 0.3) is 0 Å². The molecule has 1 saturated heterocycles. The first-order valence-electron chi connectivity index (χ1n) is 9.03. The Morgan fingerprint density at radius 1 is 1.12 bits per heavy atom. The Hall–Kier alpha value is -2.37. The van der Waals surface area contributed by atoms with Gasteiger partial charge in [-0.1, -0.05) is 23.4 Å². The summed E-state index contributed by atoms with van der Waals surface area (Å²) in [5, 5.41) is 4.27. The number of rotatable bonds is 8. The Balaban J connectivity index is 1.69. The highest BCUT2D eigenvalue weighted by Gasteiger charge is 2.19. The second kappa shape index (κ2) is 8.83. The van der Waals surface area contributed by atoms with Crippen molar-refractivity contribution < 1.29 is 9.26 Å². The fourth-order valence-corrected chi connectivity index (χ4v) is 3.30. The van der Waals surface area contributed by atoms with Crippen molar-refractivity contribution in [3.05, 3.63) is 60.9 Å². The van der Waals surface area contributed by atoms with Crippen molar-refractivity contribution >= 4 is 0 Å². The van der Waals surface area contributed by atoms with E-state index in [1.165, 1.54) is 5.56 Å². The van der Waals surface area contributed by atoms with Gasteiger partial charge in [0.15, 0.2) is 5.76 Å². The lowest BCUT2D eigenvalue weighted by atomic mass is 10.0. The Morgan fingerprint density at radius 3 is 2.58 bits per heavy atom. The SMILES string of the molecule is C=CCc1ccc(OC)c(-c2cc(CN3CCN(CC=C)CC3)on2)c1. The van der Waals surface area contributed by atoms with Crippen LogP contribution in [0, 0.1) is 0 Å². The van der Waals surface area contributed by atoms with Gasteiger partial charge in [0, 0.05) is 44.4 Å². The lowest BCUT2D eigenvalue weighted by molar-refractivity contribution is 0.127. The lowest BCUT2D eigenvalue weighted by Gasteiger charge is -2.33. The van der Waals surface area contributed by atoms with Crippen LogP contribution in [0.25, 0.3) is 11.3 Å². The molecule has 3 rings (SSSR count). The maximum Gasteiger partial charge on any atom is 0.151 e. The van der Waals surface area contributed by atoms with Crippen LogP contribution in [0.5, 0.6) is 5.75 Å². The van der Waals surface area contributed by atoms with Crippen molar-refractivity contribution in [2.45, 2.75) is 13.0 Å². The molecule has 0 radical (unpaired) electrons. The Morgan fingerprint density at radius 2 is 1.88 bits per heavy atom. The van der Waals surface area contributed by atoms with Crippen LogP contribution in [0.2, 0.25) is 0 Å². The fraction of sp³-hybridized carbons (Fsp3) is 0.381. The number of benzene rings is 1. The zero-order valence-electron chi connectivity index (χ0n) is 15.5. The maximum absolute atomic E-state index is 5.60. The van der Waals surface area contributed by atoms with E-state index in [1.54, 1.807) is 7.11 Å². The highest BCUT2D eigenvalue weighted by Crippen LogP contribution is 2.31. The third kappa shape index (κ3) is 4.42. The third-order valence-corrected chi connectivity index (χ3v) is 4.71. The van der Waals surface area contributed by atoms with Gasteiger partial charge in [-0.2, -0.15) is 0 Å². The van der Waals surface area contributed by atoms with E-state index in [1.807, 2.05) is 30.4 Å². The molecule has 5 nitrogen and oxygen atoms in total. The molecule has 0 bridgehead atoms. The standard InChI is InChI=1S/C21H27N3O2/c1-4-6-17-7-8-21(25-3)19(14-17)20-15-18(26-22-20)16-24-12-10-23(9-5-2)11-13-24/h4-5,7-8,14-15H,1-2,6,9-13,16H2,3H3. The third-order valence-electron chi connectivity index (χ3n) is 4.71. The number of allylic oxidation sites excluding steroid dienone is 1. The molecule has 1 aliphatic rings. The normalized spacial score (nSPS) is 15.7. The summed E-state index contributed by atoms with van der Waals surface area (Å²) >= 11 is 0. The minimum atomic E-state index is 0.781. The minimum Gasteiger partial charge on any atom is -0.496 e. The Bertz CT molecular complexity index is 745. The zero-order chi connectivity index (χ0) is 18.4. The topological polar surface area (TPSA) is 41.7 Å². The van der Waals surface area contributed by atoms with E-state index in [4.69, 9.17) is 9.26 Å². The van der Waals surface area contributed by atoms with Crippen LogP contribution in [-0.4, -0.2) is 54.8 Å². The molecule has 1 fully saturated rings. The van der Waals surface area contributed by atoms with Gasteiger partial charge in [0.1, 0.15) is 11.4 Å². The summed E-state index contributed by atoms with van der Waals surface area (Å²) in [5.41, 5.74) is 2.95. The van der Waals surface area contributed by atoms with E-state index in [-0.39, 0.29) is 0 Å². The first kappa shape index (κ1) is 18.4. The van der Waals surface area contributed by atoms with Crippen LogP contribution in [0.1, 0.15) is 11.3 Å². The van der Waals surface area contributed by atoms with E-state index in [9.17, 15) is 0 Å². The first-order chi connectivity index (χ1) is 12.7. The van der Waals surface area contributed by atoms with Crippen LogP contribution in [0.4, 0.5) is 0 Å². The second-order valence-corrected chi connectivity index (χ2v) is 6.57. The van der Waals surface area contributed by atoms with Gasteiger partial charge in [-0.3, -0.25) is 9.80 Å². The predicted octanol–water partition coefficient (Wildman–Crippen LogP) is 3.38. The number of piperazine rings is 1. The van der Waals surface area contributed by atoms with Crippen molar-refractivity contribution in [1.29, 1.82) is 0 Å². The number of ether oxygens (including phenoxy) is 1. The quantitative estimate of drug-likeness (QED) is 0.681. The highest BCUT2D eigenvalue weighted by atomic mass is 16.5. The fourth-order valence-electron chi connectivity index (χ4n) is 3.30. The molecule has 0 saturated carbocycles.